The highest BCUT2D eigenvalue weighted by molar-refractivity contribution is 6.36. The molecule has 25 heavy (non-hydrogen) atoms. The minimum atomic E-state index is -0.684. The molecular formula is C17H20Cl2N2O4. The average Bonchev–Trinajstić information content (AvgIpc) is 2.58. The van der Waals surface area contributed by atoms with Crippen LogP contribution in [0.25, 0.3) is 0 Å². The minimum Gasteiger partial charge on any atom is -0.454 e. The Bertz CT molecular complexity index is 666. The highest BCUT2D eigenvalue weighted by atomic mass is 35.5. The van der Waals surface area contributed by atoms with Crippen LogP contribution in [0.4, 0.5) is 0 Å². The highest BCUT2D eigenvalue weighted by Gasteiger charge is 2.24. The van der Waals surface area contributed by atoms with E-state index in [2.05, 4.69) is 5.32 Å². The van der Waals surface area contributed by atoms with Crippen LogP contribution < -0.4 is 5.32 Å². The second-order valence-corrected chi connectivity index (χ2v) is 6.74. The Morgan fingerprint density at radius 1 is 1.28 bits per heavy atom. The largest absolute Gasteiger partial charge is 0.454 e. The van der Waals surface area contributed by atoms with Crippen molar-refractivity contribution in [1.82, 2.24) is 10.2 Å². The van der Waals surface area contributed by atoms with Gasteiger partial charge in [0.25, 0.3) is 11.8 Å². The van der Waals surface area contributed by atoms with Crippen molar-refractivity contribution in [2.24, 2.45) is 0 Å². The van der Waals surface area contributed by atoms with E-state index in [-0.39, 0.29) is 35.7 Å². The molecule has 2 amide bonds. The second kappa shape index (κ2) is 9.06. The van der Waals surface area contributed by atoms with E-state index in [0.29, 0.717) is 11.6 Å². The summed E-state index contributed by atoms with van der Waals surface area (Å²) in [6.45, 7) is 2.00. The van der Waals surface area contributed by atoms with Crippen molar-refractivity contribution >= 4 is 41.0 Å². The van der Waals surface area contributed by atoms with Crippen LogP contribution in [0.3, 0.4) is 0 Å². The Morgan fingerprint density at radius 2 is 2.04 bits per heavy atom. The third-order valence-electron chi connectivity index (χ3n) is 4.05. The monoisotopic (exact) mass is 386 g/mol. The quantitative estimate of drug-likeness (QED) is 0.789. The molecule has 0 saturated carbocycles. The molecule has 1 atom stereocenters. The van der Waals surface area contributed by atoms with Gasteiger partial charge in [0.15, 0.2) is 6.61 Å². The van der Waals surface area contributed by atoms with E-state index in [1.807, 2.05) is 6.92 Å². The normalized spacial score (nSPS) is 17.1. The van der Waals surface area contributed by atoms with E-state index in [1.165, 1.54) is 18.2 Å². The molecule has 1 aromatic carbocycles. The number of carbonyl (C=O) groups is 3. The molecule has 1 saturated heterocycles. The standard InChI is InChI=1S/C17H20Cl2N2O4/c1-11-4-2-3-7-21(11)15(22)10-25-16(23)9-20-17(24)13-6-5-12(18)8-14(13)19/h5-6,8,11H,2-4,7,9-10H2,1H3,(H,20,24)/t11-/m0/s1. The molecule has 136 valence electrons. The number of carbonyl (C=O) groups excluding carboxylic acids is 3. The summed E-state index contributed by atoms with van der Waals surface area (Å²) in [6.07, 6.45) is 3.02. The maximum absolute atomic E-state index is 12.1. The summed E-state index contributed by atoms with van der Waals surface area (Å²) in [4.78, 5) is 37.5. The molecular weight excluding hydrogens is 367 g/mol. The number of benzene rings is 1. The molecule has 0 bridgehead atoms. The van der Waals surface area contributed by atoms with Gasteiger partial charge in [-0.05, 0) is 44.4 Å². The van der Waals surface area contributed by atoms with Crippen LogP contribution in [0.15, 0.2) is 18.2 Å². The number of hydrogen-bond donors (Lipinski definition) is 1. The van der Waals surface area contributed by atoms with Crippen molar-refractivity contribution in [2.75, 3.05) is 19.7 Å². The summed E-state index contributed by atoms with van der Waals surface area (Å²) >= 11 is 11.7. The third-order valence-corrected chi connectivity index (χ3v) is 4.60. The van der Waals surface area contributed by atoms with Crippen molar-refractivity contribution in [3.63, 3.8) is 0 Å². The number of likely N-dealkylation sites (tertiary alicyclic amines) is 1. The van der Waals surface area contributed by atoms with Crippen LogP contribution in [0, 0.1) is 0 Å². The van der Waals surface area contributed by atoms with Crippen LogP contribution in [0.2, 0.25) is 10.0 Å². The van der Waals surface area contributed by atoms with E-state index in [9.17, 15) is 14.4 Å². The first-order chi connectivity index (χ1) is 11.9. The summed E-state index contributed by atoms with van der Waals surface area (Å²) in [6, 6.07) is 4.59. The summed E-state index contributed by atoms with van der Waals surface area (Å²) in [5.74, 6) is -1.42. The smallest absolute Gasteiger partial charge is 0.325 e. The van der Waals surface area contributed by atoms with Gasteiger partial charge in [-0.1, -0.05) is 23.2 Å². The topological polar surface area (TPSA) is 75.7 Å². The van der Waals surface area contributed by atoms with Crippen LogP contribution in [-0.4, -0.2) is 48.4 Å². The SMILES string of the molecule is C[C@H]1CCCCN1C(=O)COC(=O)CNC(=O)c1ccc(Cl)cc1Cl. The Labute approximate surface area is 156 Å². The Kier molecular flexibility index (Phi) is 7.08. The van der Waals surface area contributed by atoms with Gasteiger partial charge in [0.1, 0.15) is 6.54 Å². The zero-order valence-electron chi connectivity index (χ0n) is 13.9. The number of esters is 1. The summed E-state index contributed by atoms with van der Waals surface area (Å²) in [7, 11) is 0. The number of nitrogens with one attached hydrogen (secondary N) is 1. The number of ether oxygens (including phenoxy) is 1. The van der Waals surface area contributed by atoms with Gasteiger partial charge in [0.2, 0.25) is 0 Å². The Balaban J connectivity index is 1.76. The van der Waals surface area contributed by atoms with Gasteiger partial charge >= 0.3 is 5.97 Å². The van der Waals surface area contributed by atoms with Crippen molar-refractivity contribution in [3.05, 3.63) is 33.8 Å². The average molecular weight is 387 g/mol. The molecule has 1 aliphatic heterocycles. The molecule has 1 aliphatic rings. The molecule has 6 nitrogen and oxygen atoms in total. The zero-order chi connectivity index (χ0) is 18.4. The van der Waals surface area contributed by atoms with Gasteiger partial charge in [0.05, 0.1) is 10.6 Å². The lowest BCUT2D eigenvalue weighted by atomic mass is 10.0. The molecule has 0 aliphatic carbocycles. The zero-order valence-corrected chi connectivity index (χ0v) is 15.4. The number of nitrogens with zero attached hydrogens (tertiary/aromatic N) is 1. The molecule has 0 spiro atoms. The van der Waals surface area contributed by atoms with Crippen LogP contribution in [0.1, 0.15) is 36.5 Å². The predicted molar refractivity (Wildman–Crippen MR) is 94.8 cm³/mol. The fourth-order valence-electron chi connectivity index (χ4n) is 2.67. The lowest BCUT2D eigenvalue weighted by Gasteiger charge is -2.33. The van der Waals surface area contributed by atoms with Gasteiger partial charge in [-0.3, -0.25) is 14.4 Å². The minimum absolute atomic E-state index is 0.159. The molecule has 0 aromatic heterocycles. The van der Waals surface area contributed by atoms with Gasteiger partial charge in [0, 0.05) is 17.6 Å². The third kappa shape index (κ3) is 5.61. The molecule has 0 radical (unpaired) electrons. The first kappa shape index (κ1) is 19.5. The van der Waals surface area contributed by atoms with Crippen molar-refractivity contribution < 1.29 is 19.1 Å². The molecule has 8 heteroatoms. The van der Waals surface area contributed by atoms with Gasteiger partial charge in [-0.25, -0.2) is 0 Å². The van der Waals surface area contributed by atoms with E-state index >= 15 is 0 Å². The lowest BCUT2D eigenvalue weighted by Crippen LogP contribution is -2.44. The number of hydrogen-bond acceptors (Lipinski definition) is 4. The van der Waals surface area contributed by atoms with Crippen molar-refractivity contribution in [3.8, 4) is 0 Å². The fourth-order valence-corrected chi connectivity index (χ4v) is 3.16. The molecule has 0 unspecified atom stereocenters. The lowest BCUT2D eigenvalue weighted by molar-refractivity contribution is -0.152. The van der Waals surface area contributed by atoms with Gasteiger partial charge in [-0.15, -0.1) is 0 Å². The first-order valence-electron chi connectivity index (χ1n) is 8.07. The number of halogens is 2. The number of piperidine rings is 1. The van der Waals surface area contributed by atoms with Gasteiger partial charge < -0.3 is 15.0 Å². The van der Waals surface area contributed by atoms with E-state index in [0.717, 1.165) is 19.3 Å². The maximum atomic E-state index is 12.1. The van der Waals surface area contributed by atoms with E-state index in [4.69, 9.17) is 27.9 Å². The highest BCUT2D eigenvalue weighted by Crippen LogP contribution is 2.20. The second-order valence-electron chi connectivity index (χ2n) is 5.90. The van der Waals surface area contributed by atoms with E-state index in [1.54, 1.807) is 4.90 Å². The first-order valence-corrected chi connectivity index (χ1v) is 8.82. The van der Waals surface area contributed by atoms with Crippen molar-refractivity contribution in [1.29, 1.82) is 0 Å². The summed E-state index contributed by atoms with van der Waals surface area (Å²) in [5, 5.41) is 3.00. The molecule has 1 heterocycles. The van der Waals surface area contributed by atoms with Gasteiger partial charge in [-0.2, -0.15) is 0 Å². The predicted octanol–water partition coefficient (Wildman–Crippen LogP) is 2.67. The van der Waals surface area contributed by atoms with E-state index < -0.39 is 11.9 Å². The summed E-state index contributed by atoms with van der Waals surface area (Å²) in [5.41, 5.74) is 0.206. The van der Waals surface area contributed by atoms with Crippen molar-refractivity contribution in [2.45, 2.75) is 32.2 Å². The van der Waals surface area contributed by atoms with Crippen LogP contribution >= 0.6 is 23.2 Å². The molecule has 1 aromatic rings. The molecule has 2 rings (SSSR count). The Hall–Kier alpha value is -1.79. The summed E-state index contributed by atoms with van der Waals surface area (Å²) < 4.78 is 4.94. The fraction of sp³-hybridized carbons (Fsp3) is 0.471. The van der Waals surface area contributed by atoms with Crippen LogP contribution in [0.5, 0.6) is 0 Å². The van der Waals surface area contributed by atoms with Crippen LogP contribution in [-0.2, 0) is 14.3 Å². The number of amides is 2. The Morgan fingerprint density at radius 3 is 2.72 bits per heavy atom. The molecule has 1 fully saturated rings. The maximum Gasteiger partial charge on any atom is 0.325 e. The number of rotatable bonds is 5. The molecule has 1 N–H and O–H groups in total.